The van der Waals surface area contributed by atoms with Crippen molar-refractivity contribution in [2.45, 2.75) is 26.6 Å². The summed E-state index contributed by atoms with van der Waals surface area (Å²) in [5.74, 6) is 0. The summed E-state index contributed by atoms with van der Waals surface area (Å²) >= 11 is 0. The Hall–Kier alpha value is -1.64. The average Bonchev–Trinajstić information content (AvgIpc) is 2.38. The lowest BCUT2D eigenvalue weighted by Gasteiger charge is -2.17. The highest BCUT2D eigenvalue weighted by atomic mass is 15.1. The zero-order valence-electron chi connectivity index (χ0n) is 11.8. The van der Waals surface area contributed by atoms with Crippen molar-refractivity contribution in [3.8, 4) is 0 Å². The molecule has 0 aromatic heterocycles. The van der Waals surface area contributed by atoms with E-state index in [4.69, 9.17) is 5.73 Å². The van der Waals surface area contributed by atoms with Crippen LogP contribution in [0.1, 0.15) is 22.3 Å². The fraction of sp³-hybridized carbons (Fsp3) is 0.294. The first-order chi connectivity index (χ1) is 9.17. The smallest absolute Gasteiger partial charge is 0.0234 e. The first kappa shape index (κ1) is 13.8. The average molecular weight is 254 g/mol. The molecule has 19 heavy (non-hydrogen) atoms. The van der Waals surface area contributed by atoms with Crippen molar-refractivity contribution in [3.05, 3.63) is 70.8 Å². The molecular weight excluding hydrogens is 232 g/mol. The molecule has 0 aliphatic rings. The zero-order valence-corrected chi connectivity index (χ0v) is 11.8. The molecule has 0 saturated carbocycles. The normalized spacial score (nSPS) is 10.9. The van der Waals surface area contributed by atoms with Crippen LogP contribution in [0.5, 0.6) is 0 Å². The van der Waals surface area contributed by atoms with Gasteiger partial charge in [0.2, 0.25) is 0 Å². The van der Waals surface area contributed by atoms with Crippen LogP contribution >= 0.6 is 0 Å². The Kier molecular flexibility index (Phi) is 4.72. The fourth-order valence-electron chi connectivity index (χ4n) is 2.34. The first-order valence-electron chi connectivity index (χ1n) is 6.69. The van der Waals surface area contributed by atoms with Crippen molar-refractivity contribution in [2.75, 3.05) is 7.05 Å². The highest BCUT2D eigenvalue weighted by Gasteiger charge is 2.02. The molecule has 0 saturated heterocycles. The summed E-state index contributed by atoms with van der Waals surface area (Å²) < 4.78 is 0. The highest BCUT2D eigenvalue weighted by molar-refractivity contribution is 5.24. The van der Waals surface area contributed by atoms with Gasteiger partial charge in [0.15, 0.2) is 0 Å². The molecule has 0 fully saturated rings. The summed E-state index contributed by atoms with van der Waals surface area (Å²) in [7, 11) is 2.15. The third-order valence-electron chi connectivity index (χ3n) is 3.21. The lowest BCUT2D eigenvalue weighted by Crippen LogP contribution is -2.17. The summed E-state index contributed by atoms with van der Waals surface area (Å²) in [6.07, 6.45) is 0. The number of rotatable bonds is 5. The maximum Gasteiger partial charge on any atom is 0.0234 e. The molecule has 0 bridgehead atoms. The number of nitrogens with two attached hydrogens (primary N) is 1. The molecule has 0 amide bonds. The van der Waals surface area contributed by atoms with E-state index in [9.17, 15) is 0 Å². The van der Waals surface area contributed by atoms with Gasteiger partial charge in [-0.2, -0.15) is 0 Å². The van der Waals surface area contributed by atoms with Crippen LogP contribution in [0.2, 0.25) is 0 Å². The minimum Gasteiger partial charge on any atom is -0.326 e. The van der Waals surface area contributed by atoms with E-state index in [1.54, 1.807) is 0 Å². The van der Waals surface area contributed by atoms with Gasteiger partial charge in [0.1, 0.15) is 0 Å². The van der Waals surface area contributed by atoms with Crippen molar-refractivity contribution < 1.29 is 0 Å². The van der Waals surface area contributed by atoms with E-state index in [0.29, 0.717) is 6.54 Å². The standard InChI is InChI=1S/C17H22N2/c1-14-5-3-7-16(9-14)12-19(2)13-17-8-4-6-15(10-17)11-18/h3-10H,11-13,18H2,1-2H3. The molecule has 0 unspecified atom stereocenters. The fourth-order valence-corrected chi connectivity index (χ4v) is 2.34. The van der Waals surface area contributed by atoms with Crippen molar-refractivity contribution >= 4 is 0 Å². The number of hydrogen-bond acceptors (Lipinski definition) is 2. The number of benzene rings is 2. The monoisotopic (exact) mass is 254 g/mol. The third-order valence-corrected chi connectivity index (χ3v) is 3.21. The molecule has 0 heterocycles. The highest BCUT2D eigenvalue weighted by Crippen LogP contribution is 2.11. The van der Waals surface area contributed by atoms with E-state index in [-0.39, 0.29) is 0 Å². The van der Waals surface area contributed by atoms with Gasteiger partial charge >= 0.3 is 0 Å². The van der Waals surface area contributed by atoms with Gasteiger partial charge in [-0.05, 0) is 30.7 Å². The number of hydrogen-bond donors (Lipinski definition) is 1. The summed E-state index contributed by atoms with van der Waals surface area (Å²) in [5, 5.41) is 0. The molecule has 0 spiro atoms. The van der Waals surface area contributed by atoms with Crippen LogP contribution in [0.15, 0.2) is 48.5 Å². The molecule has 100 valence electrons. The molecular formula is C17H22N2. The van der Waals surface area contributed by atoms with Gasteiger partial charge in [0.05, 0.1) is 0 Å². The van der Waals surface area contributed by atoms with E-state index in [1.807, 2.05) is 0 Å². The SMILES string of the molecule is Cc1cccc(CN(C)Cc2cccc(CN)c2)c1. The number of nitrogens with zero attached hydrogens (tertiary/aromatic N) is 1. The van der Waals surface area contributed by atoms with Crippen molar-refractivity contribution in [1.29, 1.82) is 0 Å². The number of aryl methyl sites for hydroxylation is 1. The van der Waals surface area contributed by atoms with Gasteiger partial charge in [-0.1, -0.05) is 54.1 Å². The van der Waals surface area contributed by atoms with Gasteiger partial charge in [-0.15, -0.1) is 0 Å². The van der Waals surface area contributed by atoms with Gasteiger partial charge in [-0.3, -0.25) is 4.90 Å². The second-order valence-corrected chi connectivity index (χ2v) is 5.19. The Morgan fingerprint density at radius 3 is 2.11 bits per heavy atom. The Morgan fingerprint density at radius 1 is 0.895 bits per heavy atom. The Labute approximate surface area is 115 Å². The van der Waals surface area contributed by atoms with Gasteiger partial charge in [0, 0.05) is 19.6 Å². The van der Waals surface area contributed by atoms with Gasteiger partial charge < -0.3 is 5.73 Å². The lowest BCUT2D eigenvalue weighted by atomic mass is 10.1. The first-order valence-corrected chi connectivity index (χ1v) is 6.69. The van der Waals surface area contributed by atoms with Gasteiger partial charge in [0.25, 0.3) is 0 Å². The van der Waals surface area contributed by atoms with E-state index in [2.05, 4.69) is 67.4 Å². The molecule has 0 atom stereocenters. The van der Waals surface area contributed by atoms with Crippen LogP contribution in [0, 0.1) is 6.92 Å². The molecule has 2 aromatic carbocycles. The second-order valence-electron chi connectivity index (χ2n) is 5.19. The molecule has 2 aromatic rings. The predicted molar refractivity (Wildman–Crippen MR) is 80.7 cm³/mol. The van der Waals surface area contributed by atoms with Crippen LogP contribution in [-0.2, 0) is 19.6 Å². The van der Waals surface area contributed by atoms with Crippen LogP contribution < -0.4 is 5.73 Å². The van der Waals surface area contributed by atoms with E-state index in [0.717, 1.165) is 13.1 Å². The Balaban J connectivity index is 1.98. The summed E-state index contributed by atoms with van der Waals surface area (Å²) in [4.78, 5) is 2.32. The van der Waals surface area contributed by atoms with E-state index < -0.39 is 0 Å². The van der Waals surface area contributed by atoms with Crippen molar-refractivity contribution in [3.63, 3.8) is 0 Å². The van der Waals surface area contributed by atoms with Gasteiger partial charge in [-0.25, -0.2) is 0 Å². The summed E-state index contributed by atoms with van der Waals surface area (Å²) in [6, 6.07) is 17.2. The topological polar surface area (TPSA) is 29.3 Å². The molecule has 2 N–H and O–H groups in total. The Morgan fingerprint density at radius 2 is 1.47 bits per heavy atom. The molecule has 0 aliphatic heterocycles. The quantitative estimate of drug-likeness (QED) is 0.888. The molecule has 2 rings (SSSR count). The third kappa shape index (κ3) is 4.19. The van der Waals surface area contributed by atoms with Crippen molar-refractivity contribution in [1.82, 2.24) is 4.90 Å². The van der Waals surface area contributed by atoms with Crippen LogP contribution in [-0.4, -0.2) is 11.9 Å². The van der Waals surface area contributed by atoms with Crippen LogP contribution in [0.3, 0.4) is 0 Å². The summed E-state index contributed by atoms with van der Waals surface area (Å²) in [5.41, 5.74) is 10.9. The van der Waals surface area contributed by atoms with Crippen LogP contribution in [0.25, 0.3) is 0 Å². The van der Waals surface area contributed by atoms with E-state index >= 15 is 0 Å². The maximum atomic E-state index is 5.68. The lowest BCUT2D eigenvalue weighted by molar-refractivity contribution is 0.319. The van der Waals surface area contributed by atoms with E-state index in [1.165, 1.54) is 22.3 Å². The predicted octanol–water partition coefficient (Wildman–Crippen LogP) is 3.09. The summed E-state index contributed by atoms with van der Waals surface area (Å²) in [6.45, 7) is 4.65. The second kappa shape index (κ2) is 6.50. The largest absolute Gasteiger partial charge is 0.326 e. The molecule has 0 radical (unpaired) electrons. The zero-order chi connectivity index (χ0) is 13.7. The minimum absolute atomic E-state index is 0.607. The van der Waals surface area contributed by atoms with Crippen LogP contribution in [0.4, 0.5) is 0 Å². The minimum atomic E-state index is 0.607. The molecule has 0 aliphatic carbocycles. The molecule has 2 heteroatoms. The maximum absolute atomic E-state index is 5.68. The van der Waals surface area contributed by atoms with Crippen molar-refractivity contribution in [2.24, 2.45) is 5.73 Å². The molecule has 2 nitrogen and oxygen atoms in total. The Bertz CT molecular complexity index is 534.